The van der Waals surface area contributed by atoms with Gasteiger partial charge in [0.05, 0.1) is 38.3 Å². The lowest BCUT2D eigenvalue weighted by Gasteiger charge is -2.28. The van der Waals surface area contributed by atoms with Crippen molar-refractivity contribution < 1.29 is 44.0 Å². The molecule has 1 saturated heterocycles. The van der Waals surface area contributed by atoms with Gasteiger partial charge in [-0.1, -0.05) is 0 Å². The van der Waals surface area contributed by atoms with Crippen molar-refractivity contribution in [2.45, 2.75) is 51.8 Å². The normalized spacial score (nSPS) is 14.2. The first-order chi connectivity index (χ1) is 17.9. The predicted molar refractivity (Wildman–Crippen MR) is 134 cm³/mol. The van der Waals surface area contributed by atoms with Gasteiger partial charge in [0, 0.05) is 39.4 Å². The monoisotopic (exact) mass is 538 g/mol. The molecule has 13 heteroatoms. The van der Waals surface area contributed by atoms with Crippen LogP contribution in [0.3, 0.4) is 0 Å². The summed E-state index contributed by atoms with van der Waals surface area (Å²) in [6.07, 6.45) is 0.845. The van der Waals surface area contributed by atoms with Crippen LogP contribution in [0, 0.1) is 13.8 Å². The SMILES string of the molecule is Cc1ccc(CN(CCCN2CCOCC2)Cc2cnc(C)n2C)o1.O=C(O)CC(O)(CC(=O)O)C(=O)O. The molecule has 0 amide bonds. The van der Waals surface area contributed by atoms with E-state index in [1.54, 1.807) is 0 Å². The van der Waals surface area contributed by atoms with Gasteiger partial charge in [0.1, 0.15) is 17.3 Å². The fourth-order valence-corrected chi connectivity index (χ4v) is 3.99. The van der Waals surface area contributed by atoms with Gasteiger partial charge < -0.3 is 34.1 Å². The zero-order valence-corrected chi connectivity index (χ0v) is 22.1. The molecule has 0 unspecified atom stereocenters. The van der Waals surface area contributed by atoms with E-state index in [4.69, 9.17) is 29.6 Å². The first kappa shape index (κ1) is 31.0. The summed E-state index contributed by atoms with van der Waals surface area (Å²) in [6, 6.07) is 4.12. The molecule has 1 aliphatic heterocycles. The quantitative estimate of drug-likeness (QED) is 0.286. The van der Waals surface area contributed by atoms with Crippen molar-refractivity contribution in [2.24, 2.45) is 7.05 Å². The minimum absolute atomic E-state index is 0.835. The Bertz CT molecular complexity index is 1040. The van der Waals surface area contributed by atoms with E-state index in [-0.39, 0.29) is 0 Å². The molecule has 3 heterocycles. The molecule has 0 bridgehead atoms. The van der Waals surface area contributed by atoms with E-state index >= 15 is 0 Å². The van der Waals surface area contributed by atoms with Crippen LogP contribution in [-0.2, 0) is 39.3 Å². The highest BCUT2D eigenvalue weighted by Gasteiger charge is 2.40. The number of carboxylic acid groups (broad SMARTS) is 3. The number of hydrogen-bond donors (Lipinski definition) is 4. The maximum atomic E-state index is 10.3. The van der Waals surface area contributed by atoms with Crippen LogP contribution in [0.1, 0.15) is 42.3 Å². The minimum Gasteiger partial charge on any atom is -0.481 e. The fourth-order valence-electron chi connectivity index (χ4n) is 3.99. The highest BCUT2D eigenvalue weighted by atomic mass is 16.5. The Labute approximate surface area is 221 Å². The zero-order chi connectivity index (χ0) is 28.3. The van der Waals surface area contributed by atoms with E-state index in [9.17, 15) is 14.4 Å². The lowest BCUT2D eigenvalue weighted by Crippen LogP contribution is -2.42. The second kappa shape index (κ2) is 14.6. The third kappa shape index (κ3) is 10.2. The average Bonchev–Trinajstić information content (AvgIpc) is 3.38. The molecule has 0 radical (unpaired) electrons. The van der Waals surface area contributed by atoms with Gasteiger partial charge in [-0.2, -0.15) is 0 Å². The molecule has 4 N–H and O–H groups in total. The Hall–Kier alpha value is -3.26. The first-order valence-electron chi connectivity index (χ1n) is 12.3. The van der Waals surface area contributed by atoms with E-state index in [1.807, 2.05) is 26.1 Å². The maximum absolute atomic E-state index is 10.3. The summed E-state index contributed by atoms with van der Waals surface area (Å²) in [4.78, 5) is 39.9. The molecule has 1 fully saturated rings. The van der Waals surface area contributed by atoms with Crippen LogP contribution >= 0.6 is 0 Å². The van der Waals surface area contributed by atoms with E-state index in [0.29, 0.717) is 0 Å². The van der Waals surface area contributed by atoms with Crippen LogP contribution in [-0.4, -0.2) is 103 Å². The van der Waals surface area contributed by atoms with Crippen molar-refractivity contribution in [1.29, 1.82) is 0 Å². The van der Waals surface area contributed by atoms with E-state index in [2.05, 4.69) is 32.5 Å². The molecular formula is C25H38N4O9. The number of aryl methyl sites for hydroxylation is 2. The molecule has 212 valence electrons. The first-order valence-corrected chi connectivity index (χ1v) is 12.3. The van der Waals surface area contributed by atoms with Gasteiger partial charge in [-0.05, 0) is 38.9 Å². The van der Waals surface area contributed by atoms with Gasteiger partial charge >= 0.3 is 17.9 Å². The van der Waals surface area contributed by atoms with Crippen molar-refractivity contribution in [3.8, 4) is 0 Å². The van der Waals surface area contributed by atoms with Crippen LogP contribution in [0.2, 0.25) is 0 Å². The molecule has 2 aromatic rings. The van der Waals surface area contributed by atoms with Crippen LogP contribution in [0.4, 0.5) is 0 Å². The number of morpholine rings is 1. The molecule has 0 aromatic carbocycles. The molecule has 38 heavy (non-hydrogen) atoms. The number of ether oxygens (including phenoxy) is 1. The minimum atomic E-state index is -2.74. The zero-order valence-electron chi connectivity index (χ0n) is 22.1. The fraction of sp³-hybridized carbons (Fsp3) is 0.600. The van der Waals surface area contributed by atoms with E-state index < -0.39 is 36.4 Å². The van der Waals surface area contributed by atoms with Crippen LogP contribution in [0.5, 0.6) is 0 Å². The summed E-state index contributed by atoms with van der Waals surface area (Å²) < 4.78 is 13.4. The van der Waals surface area contributed by atoms with Gasteiger partial charge in [-0.3, -0.25) is 19.4 Å². The van der Waals surface area contributed by atoms with Gasteiger partial charge in [-0.25, -0.2) is 9.78 Å². The molecule has 0 saturated carbocycles. The van der Waals surface area contributed by atoms with Crippen molar-refractivity contribution >= 4 is 17.9 Å². The summed E-state index contributed by atoms with van der Waals surface area (Å²) in [5.74, 6) is -1.96. The molecular weight excluding hydrogens is 500 g/mol. The van der Waals surface area contributed by atoms with Crippen molar-refractivity contribution in [3.05, 3.63) is 41.4 Å². The third-order valence-corrected chi connectivity index (χ3v) is 6.22. The van der Waals surface area contributed by atoms with Gasteiger partial charge in [0.2, 0.25) is 0 Å². The van der Waals surface area contributed by atoms with Crippen molar-refractivity contribution in [1.82, 2.24) is 19.4 Å². The van der Waals surface area contributed by atoms with E-state index in [0.717, 1.165) is 76.2 Å². The van der Waals surface area contributed by atoms with Crippen LogP contribution < -0.4 is 0 Å². The van der Waals surface area contributed by atoms with Gasteiger partial charge in [-0.15, -0.1) is 0 Å². The van der Waals surface area contributed by atoms with E-state index in [1.165, 1.54) is 5.69 Å². The molecule has 2 aromatic heterocycles. The highest BCUT2D eigenvalue weighted by molar-refractivity contribution is 5.88. The Balaban J connectivity index is 0.000000332. The van der Waals surface area contributed by atoms with Crippen LogP contribution in [0.25, 0.3) is 0 Å². The summed E-state index contributed by atoms with van der Waals surface area (Å²) in [7, 11) is 2.08. The number of aromatic nitrogens is 2. The number of rotatable bonds is 13. The third-order valence-electron chi connectivity index (χ3n) is 6.22. The number of aliphatic hydroxyl groups is 1. The molecule has 3 rings (SSSR count). The average molecular weight is 539 g/mol. The number of nitrogens with zero attached hydrogens (tertiary/aromatic N) is 4. The predicted octanol–water partition coefficient (Wildman–Crippen LogP) is 1.11. The number of hydrogen-bond acceptors (Lipinski definition) is 9. The lowest BCUT2D eigenvalue weighted by molar-refractivity contribution is -0.170. The summed E-state index contributed by atoms with van der Waals surface area (Å²) in [6.45, 7) is 11.8. The lowest BCUT2D eigenvalue weighted by atomic mass is 9.96. The van der Waals surface area contributed by atoms with Gasteiger partial charge in [0.25, 0.3) is 0 Å². The second-order valence-corrected chi connectivity index (χ2v) is 9.36. The summed E-state index contributed by atoms with van der Waals surface area (Å²) in [5, 5.41) is 33.8. The Morgan fingerprint density at radius 3 is 2.16 bits per heavy atom. The Morgan fingerprint density at radius 2 is 1.68 bits per heavy atom. The van der Waals surface area contributed by atoms with Crippen molar-refractivity contribution in [3.63, 3.8) is 0 Å². The molecule has 1 aliphatic rings. The molecule has 0 aliphatic carbocycles. The summed E-state index contributed by atoms with van der Waals surface area (Å²) in [5.41, 5.74) is -1.50. The number of imidazole rings is 1. The Kier molecular flexibility index (Phi) is 11.9. The molecule has 0 spiro atoms. The van der Waals surface area contributed by atoms with Crippen LogP contribution in [0.15, 0.2) is 22.7 Å². The maximum Gasteiger partial charge on any atom is 0.336 e. The summed E-state index contributed by atoms with van der Waals surface area (Å²) >= 11 is 0. The van der Waals surface area contributed by atoms with Gasteiger partial charge in [0.15, 0.2) is 5.60 Å². The molecule has 0 atom stereocenters. The Morgan fingerprint density at radius 1 is 1.05 bits per heavy atom. The number of carbonyl (C=O) groups is 3. The smallest absolute Gasteiger partial charge is 0.336 e. The number of furan rings is 1. The highest BCUT2D eigenvalue weighted by Crippen LogP contribution is 2.16. The molecule has 13 nitrogen and oxygen atoms in total. The largest absolute Gasteiger partial charge is 0.481 e. The van der Waals surface area contributed by atoms with Crippen molar-refractivity contribution in [2.75, 3.05) is 39.4 Å². The number of aliphatic carboxylic acids is 3. The topological polar surface area (TPSA) is 179 Å². The standard InChI is InChI=1S/C19H30N4O2.C6H8O7/c1-16-5-6-19(25-16)15-23(14-18-13-20-17(2)21(18)3)8-4-7-22-9-11-24-12-10-22;7-3(8)1-6(13,5(11)12)2-4(9)10/h5-6,13H,4,7-12,14-15H2,1-3H3;13H,1-2H2,(H,7,8)(H,9,10)(H,11,12). The number of carboxylic acids is 3. The second-order valence-electron chi connectivity index (χ2n) is 9.36.